The molecule has 0 spiro atoms. The fraction of sp³-hybridized carbons (Fsp3) is 0.520. The number of carbonyl (C=O) groups excluding carboxylic acids is 1. The van der Waals surface area contributed by atoms with Crippen LogP contribution in [-0.4, -0.2) is 62.6 Å². The summed E-state index contributed by atoms with van der Waals surface area (Å²) in [6, 6.07) is 0.228. The zero-order valence-corrected chi connectivity index (χ0v) is 25.0. The molecule has 4 N–H and O–H groups in total. The van der Waals surface area contributed by atoms with Crippen molar-refractivity contribution in [3.05, 3.63) is 42.5 Å². The molecule has 3 aromatic rings. The number of nitrogens with zero attached hydrogens (tertiary/aromatic N) is 4. The van der Waals surface area contributed by atoms with Crippen LogP contribution in [0, 0.1) is 0 Å². The number of alkyl halides is 6. The van der Waals surface area contributed by atoms with Crippen molar-refractivity contribution in [1.82, 2.24) is 29.7 Å². The van der Waals surface area contributed by atoms with Gasteiger partial charge in [-0.25, -0.2) is 25.1 Å². The minimum atomic E-state index is -5.09. The van der Waals surface area contributed by atoms with Crippen LogP contribution in [0.15, 0.2) is 36.9 Å². The van der Waals surface area contributed by atoms with Gasteiger partial charge in [0.2, 0.25) is 7.44 Å². The van der Waals surface area contributed by atoms with Gasteiger partial charge in [0.15, 0.2) is 11.5 Å². The number of rotatable bonds is 14. The van der Waals surface area contributed by atoms with Crippen molar-refractivity contribution < 1.29 is 49.9 Å². The maximum absolute atomic E-state index is 14.3. The molecule has 0 aliphatic rings. The van der Waals surface area contributed by atoms with Crippen molar-refractivity contribution in [1.29, 1.82) is 0 Å². The molecule has 2 aromatic heterocycles. The Morgan fingerprint density at radius 2 is 1.75 bits per heavy atom. The quantitative estimate of drug-likeness (QED) is 0.121. The Hall–Kier alpha value is -3.47. The molecule has 0 fully saturated rings. The van der Waals surface area contributed by atoms with Crippen LogP contribution < -0.4 is 20.6 Å². The van der Waals surface area contributed by atoms with Crippen LogP contribution in [0.2, 0.25) is 0 Å². The molecule has 0 amide bonds. The first-order valence-electron chi connectivity index (χ1n) is 13.1. The highest BCUT2D eigenvalue weighted by molar-refractivity contribution is 7.59. The predicted octanol–water partition coefficient (Wildman–Crippen LogP) is 5.08. The maximum atomic E-state index is 14.3. The van der Waals surface area contributed by atoms with Crippen molar-refractivity contribution in [2.45, 2.75) is 70.9 Å². The van der Waals surface area contributed by atoms with E-state index in [1.165, 1.54) is 26.5 Å². The number of imidazole rings is 1. The zero-order chi connectivity index (χ0) is 32.9. The van der Waals surface area contributed by atoms with E-state index < -0.39 is 61.3 Å². The summed E-state index contributed by atoms with van der Waals surface area (Å²) in [4.78, 5) is 24.8. The molecule has 3 atom stereocenters. The van der Waals surface area contributed by atoms with E-state index in [-0.39, 0.29) is 19.0 Å². The molecule has 0 aliphatic carbocycles. The number of fused-ring (bicyclic) bond motifs is 1. The standard InChI is InChI=1S/C25H32F6N7O5P/c1-5-10-41-22(39)23(3,4)37-44(40,14-42-15(2)11-38-13-35-18-20(32)33-12-34-21(18)38)36-19(24(26,27)28)16-6-8-17(9-7-16)43-25(29,30)31/h6-9,12-13,15,19H,5,10-11,14H2,1-4H3,(H2,32,33,34)(H2,36,37,40). The van der Waals surface area contributed by atoms with Gasteiger partial charge in [0.1, 0.15) is 35.5 Å². The molecule has 244 valence electrons. The Bertz CT molecular complexity index is 1470. The average molecular weight is 656 g/mol. The van der Waals surface area contributed by atoms with Crippen LogP contribution in [0.25, 0.3) is 11.2 Å². The number of halogens is 6. The van der Waals surface area contributed by atoms with Gasteiger partial charge in [0, 0.05) is 0 Å². The van der Waals surface area contributed by atoms with Crippen molar-refractivity contribution in [3.63, 3.8) is 0 Å². The van der Waals surface area contributed by atoms with Gasteiger partial charge in [-0.2, -0.15) is 13.2 Å². The Morgan fingerprint density at radius 3 is 2.34 bits per heavy atom. The van der Waals surface area contributed by atoms with Crippen LogP contribution >= 0.6 is 7.44 Å². The minimum Gasteiger partial charge on any atom is -0.464 e. The summed E-state index contributed by atoms with van der Waals surface area (Å²) in [5, 5.41) is 4.50. The Morgan fingerprint density at radius 1 is 1.09 bits per heavy atom. The van der Waals surface area contributed by atoms with Gasteiger partial charge in [-0.3, -0.25) is 9.36 Å². The highest BCUT2D eigenvalue weighted by Crippen LogP contribution is 2.47. The molecule has 3 rings (SSSR count). The number of benzene rings is 1. The van der Waals surface area contributed by atoms with E-state index in [0.29, 0.717) is 29.7 Å². The monoisotopic (exact) mass is 655 g/mol. The fourth-order valence-corrected chi connectivity index (χ4v) is 6.35. The van der Waals surface area contributed by atoms with Gasteiger partial charge in [-0.15, -0.1) is 13.2 Å². The zero-order valence-electron chi connectivity index (χ0n) is 24.1. The Balaban J connectivity index is 1.88. The number of carbonyl (C=O) groups is 1. The second-order valence-electron chi connectivity index (χ2n) is 10.3. The normalized spacial score (nSPS) is 15.5. The number of hydrogen-bond donors (Lipinski definition) is 3. The van der Waals surface area contributed by atoms with Gasteiger partial charge in [-0.05, 0) is 44.9 Å². The maximum Gasteiger partial charge on any atom is 0.573 e. The van der Waals surface area contributed by atoms with Crippen molar-refractivity contribution in [2.24, 2.45) is 0 Å². The number of esters is 1. The summed E-state index contributed by atoms with van der Waals surface area (Å²) in [5.74, 6) is -1.50. The van der Waals surface area contributed by atoms with Gasteiger partial charge < -0.3 is 24.5 Å². The molecule has 44 heavy (non-hydrogen) atoms. The summed E-state index contributed by atoms with van der Waals surface area (Å²) in [6.07, 6.45) is -8.67. The number of nitrogens with two attached hydrogens (primary N) is 1. The van der Waals surface area contributed by atoms with Crippen molar-refractivity contribution in [2.75, 3.05) is 18.7 Å². The molecular formula is C25H32F6N7O5P. The lowest BCUT2D eigenvalue weighted by Gasteiger charge is -2.34. The second-order valence-corrected chi connectivity index (χ2v) is 12.5. The number of nitrogens with one attached hydrogen (secondary N) is 2. The third-order valence-corrected chi connectivity index (χ3v) is 8.05. The summed E-state index contributed by atoms with van der Waals surface area (Å²) < 4.78 is 111. The van der Waals surface area contributed by atoms with Crippen LogP contribution in [-0.2, 0) is 25.4 Å². The highest BCUT2D eigenvalue weighted by atomic mass is 31.2. The van der Waals surface area contributed by atoms with E-state index in [4.69, 9.17) is 15.2 Å². The van der Waals surface area contributed by atoms with Gasteiger partial charge in [-0.1, -0.05) is 19.1 Å². The fourth-order valence-electron chi connectivity index (χ4n) is 3.98. The molecule has 3 unspecified atom stereocenters. The molecule has 0 saturated carbocycles. The SMILES string of the molecule is CCCOC(=O)C(C)(C)NP(=O)(COC(C)Cn1cnc2c(N)ncnc21)NC(c1ccc(OC(F)(F)F)cc1)C(F)(F)F. The lowest BCUT2D eigenvalue weighted by Crippen LogP contribution is -2.50. The molecule has 2 heterocycles. The third kappa shape index (κ3) is 9.51. The molecule has 12 nitrogen and oxygen atoms in total. The Kier molecular flexibility index (Phi) is 10.9. The molecule has 0 radical (unpaired) electrons. The number of aromatic nitrogens is 4. The van der Waals surface area contributed by atoms with Crippen LogP contribution in [0.5, 0.6) is 5.75 Å². The average Bonchev–Trinajstić information content (AvgIpc) is 3.32. The van der Waals surface area contributed by atoms with Crippen molar-refractivity contribution in [3.8, 4) is 5.75 Å². The Labute approximate surface area is 248 Å². The van der Waals surface area contributed by atoms with E-state index in [1.807, 2.05) is 5.09 Å². The number of anilines is 1. The minimum absolute atomic E-state index is 0.0136. The van der Waals surface area contributed by atoms with E-state index in [0.717, 1.165) is 12.1 Å². The summed E-state index contributed by atoms with van der Waals surface area (Å²) >= 11 is 0. The summed E-state index contributed by atoms with van der Waals surface area (Å²) in [5.41, 5.74) is 4.16. The first-order valence-corrected chi connectivity index (χ1v) is 15.0. The lowest BCUT2D eigenvalue weighted by atomic mass is 10.1. The van der Waals surface area contributed by atoms with E-state index in [2.05, 4.69) is 24.8 Å². The number of hydrogen-bond acceptors (Lipinski definition) is 9. The van der Waals surface area contributed by atoms with Crippen molar-refractivity contribution >= 4 is 30.4 Å². The smallest absolute Gasteiger partial charge is 0.464 e. The van der Waals surface area contributed by atoms with Crippen LogP contribution in [0.1, 0.15) is 45.7 Å². The first-order chi connectivity index (χ1) is 20.3. The predicted molar refractivity (Wildman–Crippen MR) is 146 cm³/mol. The molecule has 0 aliphatic heterocycles. The molecule has 19 heteroatoms. The first kappa shape index (κ1) is 35.0. The van der Waals surface area contributed by atoms with E-state index in [9.17, 15) is 35.7 Å². The molecule has 1 aromatic carbocycles. The van der Waals surface area contributed by atoms with Crippen LogP contribution in [0.4, 0.5) is 32.2 Å². The van der Waals surface area contributed by atoms with Gasteiger partial charge >= 0.3 is 18.5 Å². The molecular weight excluding hydrogens is 623 g/mol. The topological polar surface area (TPSA) is 156 Å². The third-order valence-electron chi connectivity index (χ3n) is 5.94. The second kappa shape index (κ2) is 13.7. The summed E-state index contributed by atoms with van der Waals surface area (Å²) in [6.45, 7) is 5.92. The molecule has 0 saturated heterocycles. The largest absolute Gasteiger partial charge is 0.573 e. The van der Waals surface area contributed by atoms with Gasteiger partial charge in [0.05, 0.1) is 25.6 Å². The van der Waals surface area contributed by atoms with Crippen LogP contribution in [0.3, 0.4) is 0 Å². The van der Waals surface area contributed by atoms with E-state index >= 15 is 0 Å². The summed E-state index contributed by atoms with van der Waals surface area (Å²) in [7, 11) is -4.51. The van der Waals surface area contributed by atoms with Gasteiger partial charge in [0.25, 0.3) is 0 Å². The number of ether oxygens (including phenoxy) is 3. The number of nitrogen functional groups attached to an aromatic ring is 1. The molecule has 0 bridgehead atoms. The lowest BCUT2D eigenvalue weighted by molar-refractivity contribution is -0.274. The van der Waals surface area contributed by atoms with E-state index in [1.54, 1.807) is 18.4 Å². The highest BCUT2D eigenvalue weighted by Gasteiger charge is 2.47.